The van der Waals surface area contributed by atoms with E-state index in [1.54, 1.807) is 16.7 Å². The maximum absolute atomic E-state index is 5.15. The second kappa shape index (κ2) is 13.3. The summed E-state index contributed by atoms with van der Waals surface area (Å²) in [5, 5.41) is 1.53. The molecule has 0 amide bonds. The monoisotopic (exact) mass is 526 g/mol. The molecule has 0 fully saturated rings. The summed E-state index contributed by atoms with van der Waals surface area (Å²) in [5.74, 6) is 1.46. The second-order valence-electron chi connectivity index (χ2n) is 12.0. The number of aryl methyl sites for hydroxylation is 1. The third-order valence-corrected chi connectivity index (χ3v) is 12.2. The highest BCUT2D eigenvalue weighted by molar-refractivity contribution is 7.79. The van der Waals surface area contributed by atoms with E-state index in [1.165, 1.54) is 85.3 Å². The molecule has 0 saturated carbocycles. The number of rotatable bonds is 13. The summed E-state index contributed by atoms with van der Waals surface area (Å²) >= 11 is 0. The first-order chi connectivity index (χ1) is 18.4. The molecule has 38 heavy (non-hydrogen) atoms. The molecule has 3 aromatic rings. The first kappa shape index (κ1) is 29.0. The molecule has 1 unspecified atom stereocenters. The predicted molar refractivity (Wildman–Crippen MR) is 174 cm³/mol. The number of benzene rings is 3. The lowest BCUT2D eigenvalue weighted by molar-refractivity contribution is 0.436. The lowest BCUT2D eigenvalue weighted by atomic mass is 9.83. The zero-order chi connectivity index (χ0) is 27.1. The average Bonchev–Trinajstić information content (AvgIpc) is 2.91. The van der Waals surface area contributed by atoms with E-state index in [1.807, 2.05) is 0 Å². The molecule has 1 heterocycles. The van der Waals surface area contributed by atoms with E-state index in [0.29, 0.717) is 5.92 Å². The quantitative estimate of drug-likeness (QED) is 0.194. The van der Waals surface area contributed by atoms with Gasteiger partial charge in [0.15, 0.2) is 0 Å². The van der Waals surface area contributed by atoms with Gasteiger partial charge in [0.1, 0.15) is 0 Å². The van der Waals surface area contributed by atoms with Crippen LogP contribution in [0.3, 0.4) is 0 Å². The summed E-state index contributed by atoms with van der Waals surface area (Å²) in [4.78, 5) is 0. The highest BCUT2D eigenvalue weighted by Gasteiger charge is 2.29. The average molecular weight is 527 g/mol. The Hall–Kier alpha value is -2.04. The van der Waals surface area contributed by atoms with E-state index in [-0.39, 0.29) is 0 Å². The Bertz CT molecular complexity index is 1240. The number of hydrogen-bond donors (Lipinski definition) is 0. The third-order valence-electron chi connectivity index (χ3n) is 8.89. The van der Waals surface area contributed by atoms with Crippen LogP contribution in [-0.4, -0.2) is 6.30 Å². The van der Waals surface area contributed by atoms with E-state index < -0.39 is 6.89 Å². The molecule has 3 aromatic carbocycles. The molecule has 204 valence electrons. The minimum Gasteiger partial charge on any atom is -0.0960 e. The molecular formula is C37H51P. The van der Waals surface area contributed by atoms with Gasteiger partial charge in [-0.1, -0.05) is 140 Å². The second-order valence-corrected chi connectivity index (χ2v) is 15.4. The van der Waals surface area contributed by atoms with Crippen LogP contribution in [0.2, 0.25) is 0 Å². The van der Waals surface area contributed by atoms with Crippen molar-refractivity contribution < 1.29 is 0 Å². The summed E-state index contributed by atoms with van der Waals surface area (Å²) in [7, 11) is 0. The van der Waals surface area contributed by atoms with Crippen molar-refractivity contribution in [2.45, 2.75) is 111 Å². The molecule has 1 aliphatic rings. The molecular weight excluding hydrogens is 475 g/mol. The van der Waals surface area contributed by atoms with Gasteiger partial charge in [-0.3, -0.25) is 0 Å². The Morgan fingerprint density at radius 2 is 1.37 bits per heavy atom. The Kier molecular flexibility index (Phi) is 10.2. The summed E-state index contributed by atoms with van der Waals surface area (Å²) in [5.41, 5.74) is 10.7. The van der Waals surface area contributed by atoms with Gasteiger partial charge in [0.2, 0.25) is 0 Å². The fourth-order valence-electron chi connectivity index (χ4n) is 7.13. The van der Waals surface area contributed by atoms with Crippen molar-refractivity contribution >= 4 is 18.5 Å². The number of fused-ring (bicyclic) bond motifs is 3. The fourth-order valence-corrected chi connectivity index (χ4v) is 10.6. The molecule has 1 heteroatoms. The Labute approximate surface area is 234 Å². The fraction of sp³-hybridized carbons (Fsp3) is 0.486. The normalized spacial score (nSPS) is 16.6. The van der Waals surface area contributed by atoms with Gasteiger partial charge in [0.05, 0.1) is 0 Å². The minimum absolute atomic E-state index is 0.678. The van der Waals surface area contributed by atoms with Gasteiger partial charge in [0.25, 0.3) is 0 Å². The first-order valence-electron chi connectivity index (χ1n) is 15.5. The van der Waals surface area contributed by atoms with Gasteiger partial charge in [-0.25, -0.2) is 0 Å². The molecule has 0 N–H and O–H groups in total. The zero-order valence-corrected chi connectivity index (χ0v) is 25.8. The molecule has 0 bridgehead atoms. The van der Waals surface area contributed by atoms with Gasteiger partial charge >= 0.3 is 0 Å². The van der Waals surface area contributed by atoms with Crippen molar-refractivity contribution in [3.8, 4) is 11.1 Å². The first-order valence-corrected chi connectivity index (χ1v) is 17.8. The zero-order valence-electron chi connectivity index (χ0n) is 24.9. The van der Waals surface area contributed by atoms with Crippen LogP contribution in [0.4, 0.5) is 0 Å². The van der Waals surface area contributed by atoms with Crippen molar-refractivity contribution in [1.82, 2.24) is 0 Å². The van der Waals surface area contributed by atoms with Crippen LogP contribution < -0.4 is 5.30 Å². The summed E-state index contributed by atoms with van der Waals surface area (Å²) in [6.45, 7) is 10.1. The largest absolute Gasteiger partial charge is 0.0960 e. The van der Waals surface area contributed by atoms with E-state index in [2.05, 4.69) is 95.3 Å². The van der Waals surface area contributed by atoms with Crippen LogP contribution >= 0.6 is 6.89 Å². The highest BCUT2D eigenvalue weighted by Crippen LogP contribution is 2.57. The van der Waals surface area contributed by atoms with Crippen LogP contribution in [0.1, 0.15) is 113 Å². The van der Waals surface area contributed by atoms with Gasteiger partial charge < -0.3 is 0 Å². The Morgan fingerprint density at radius 1 is 0.763 bits per heavy atom. The topological polar surface area (TPSA) is 0 Å². The van der Waals surface area contributed by atoms with Crippen LogP contribution in [-0.2, 0) is 18.7 Å². The van der Waals surface area contributed by atoms with Crippen LogP contribution in [0.15, 0.2) is 60.7 Å². The van der Waals surface area contributed by atoms with Crippen molar-refractivity contribution in [2.24, 2.45) is 5.92 Å². The van der Waals surface area contributed by atoms with E-state index in [4.69, 9.17) is 6.30 Å². The smallest absolute Gasteiger partial charge is 0.00324 e. The Morgan fingerprint density at radius 3 is 2.03 bits per heavy atom. The van der Waals surface area contributed by atoms with Crippen LogP contribution in [0, 0.1) is 12.8 Å². The SMILES string of the molecule is C=P1(Cc2cc(C(CCC)CCC)cc(C)c2CC(CCC)CCC)Cc2ccccc2-c2ccccc21. The van der Waals surface area contributed by atoms with E-state index in [9.17, 15) is 0 Å². The third kappa shape index (κ3) is 6.39. The van der Waals surface area contributed by atoms with Crippen molar-refractivity contribution in [2.75, 3.05) is 0 Å². The standard InChI is InChI=1S/C37H51P/c1-7-15-29(16-8-2)24-36-28(5)23-32(30(17-9-3)18-10-4)25-33(36)27-38(6)26-31-19-11-12-20-34(31)35-21-13-14-22-37(35)38/h11-14,19-23,25,29-30H,6-10,15-18,24,26-27H2,1-5H3. The van der Waals surface area contributed by atoms with E-state index in [0.717, 1.165) is 18.2 Å². The van der Waals surface area contributed by atoms with Gasteiger partial charge in [0, 0.05) is 0 Å². The number of hydrogen-bond acceptors (Lipinski definition) is 0. The molecule has 4 rings (SSSR count). The minimum atomic E-state index is -1.66. The predicted octanol–water partition coefficient (Wildman–Crippen LogP) is 10.9. The summed E-state index contributed by atoms with van der Waals surface area (Å²) in [6.07, 6.45) is 18.9. The van der Waals surface area contributed by atoms with Crippen LogP contribution in [0.5, 0.6) is 0 Å². The molecule has 1 atom stereocenters. The maximum Gasteiger partial charge on any atom is -0.00324 e. The molecule has 1 aliphatic heterocycles. The lowest BCUT2D eigenvalue weighted by Crippen LogP contribution is -2.19. The highest BCUT2D eigenvalue weighted by atomic mass is 31.2. The maximum atomic E-state index is 5.15. The van der Waals surface area contributed by atoms with Crippen molar-refractivity contribution in [1.29, 1.82) is 0 Å². The molecule has 0 aliphatic carbocycles. The van der Waals surface area contributed by atoms with E-state index >= 15 is 0 Å². The molecule has 0 aromatic heterocycles. The van der Waals surface area contributed by atoms with Crippen LogP contribution in [0.25, 0.3) is 11.1 Å². The molecule has 0 saturated heterocycles. The molecule has 0 radical (unpaired) electrons. The van der Waals surface area contributed by atoms with Crippen molar-refractivity contribution in [3.63, 3.8) is 0 Å². The lowest BCUT2D eigenvalue weighted by Gasteiger charge is -2.35. The molecule has 0 spiro atoms. The summed E-state index contributed by atoms with van der Waals surface area (Å²) < 4.78 is 0. The summed E-state index contributed by atoms with van der Waals surface area (Å²) in [6, 6.07) is 23.5. The molecule has 0 nitrogen and oxygen atoms in total. The van der Waals surface area contributed by atoms with Gasteiger partial charge in [-0.2, -0.15) is 0 Å². The van der Waals surface area contributed by atoms with Gasteiger partial charge in [-0.15, -0.1) is 0 Å². The Balaban J connectivity index is 1.82. The van der Waals surface area contributed by atoms with Gasteiger partial charge in [-0.05, 0) is 94.6 Å². The van der Waals surface area contributed by atoms with Crippen molar-refractivity contribution in [3.05, 3.63) is 88.5 Å².